The van der Waals surface area contributed by atoms with Gasteiger partial charge in [-0.05, 0) is 55.2 Å². The maximum atomic E-state index is 10.8. The summed E-state index contributed by atoms with van der Waals surface area (Å²) in [4.78, 5) is 0. The summed E-state index contributed by atoms with van der Waals surface area (Å²) in [6, 6.07) is 8.35. The molecule has 0 heterocycles. The van der Waals surface area contributed by atoms with Crippen LogP contribution in [-0.2, 0) is 6.42 Å². The molecule has 0 radical (unpaired) electrons. The number of ether oxygens (including phenoxy) is 1. The Labute approximate surface area is 122 Å². The van der Waals surface area contributed by atoms with Crippen molar-refractivity contribution >= 4 is 0 Å². The zero-order valence-electron chi connectivity index (χ0n) is 12.5. The van der Waals surface area contributed by atoms with E-state index in [0.717, 1.165) is 25.0 Å². The molecule has 2 aliphatic carbocycles. The average molecular weight is 274 g/mol. The first-order valence-corrected chi connectivity index (χ1v) is 8.09. The first-order chi connectivity index (χ1) is 9.74. The fourth-order valence-electron chi connectivity index (χ4n) is 4.10. The minimum absolute atomic E-state index is 0.313. The van der Waals surface area contributed by atoms with Gasteiger partial charge in [-0.2, -0.15) is 0 Å². The van der Waals surface area contributed by atoms with Crippen molar-refractivity contribution in [3.8, 4) is 5.75 Å². The fourth-order valence-corrected chi connectivity index (χ4v) is 4.10. The molecule has 1 aromatic rings. The zero-order valence-corrected chi connectivity index (χ0v) is 12.5. The highest BCUT2D eigenvalue weighted by molar-refractivity contribution is 5.27. The first-order valence-electron chi connectivity index (χ1n) is 8.09. The fraction of sp³-hybridized carbons (Fsp3) is 0.667. The van der Waals surface area contributed by atoms with Crippen LogP contribution in [0.15, 0.2) is 24.3 Å². The second-order valence-corrected chi connectivity index (χ2v) is 6.54. The van der Waals surface area contributed by atoms with Crippen LogP contribution in [0, 0.1) is 11.8 Å². The van der Waals surface area contributed by atoms with Gasteiger partial charge in [0.25, 0.3) is 0 Å². The van der Waals surface area contributed by atoms with Crippen molar-refractivity contribution in [3.63, 3.8) is 0 Å². The topological polar surface area (TPSA) is 29.5 Å². The molecule has 1 aromatic carbocycles. The second kappa shape index (κ2) is 5.77. The maximum Gasteiger partial charge on any atom is 0.118 e. The summed E-state index contributed by atoms with van der Waals surface area (Å²) in [7, 11) is 1.70. The molecule has 0 spiro atoms. The van der Waals surface area contributed by atoms with Crippen molar-refractivity contribution in [1.82, 2.24) is 0 Å². The van der Waals surface area contributed by atoms with Crippen LogP contribution in [0.1, 0.15) is 50.5 Å². The average Bonchev–Trinajstić information content (AvgIpc) is 3.00. The van der Waals surface area contributed by atoms with Crippen LogP contribution in [-0.4, -0.2) is 17.8 Å². The van der Waals surface area contributed by atoms with E-state index in [0.29, 0.717) is 11.8 Å². The predicted octanol–water partition coefficient (Wildman–Crippen LogP) is 3.96. The molecule has 110 valence electrons. The van der Waals surface area contributed by atoms with Crippen molar-refractivity contribution in [2.45, 2.75) is 57.0 Å². The van der Waals surface area contributed by atoms with Gasteiger partial charge in [0.2, 0.25) is 0 Å². The number of aliphatic hydroxyl groups is 1. The molecule has 0 saturated heterocycles. The summed E-state index contributed by atoms with van der Waals surface area (Å²) in [5.41, 5.74) is 1.04. The normalized spacial score (nSPS) is 32.9. The van der Waals surface area contributed by atoms with Crippen molar-refractivity contribution < 1.29 is 9.84 Å². The zero-order chi connectivity index (χ0) is 14.0. The summed E-state index contributed by atoms with van der Waals surface area (Å²) >= 11 is 0. The Balaban J connectivity index is 1.55. The molecule has 0 aliphatic heterocycles. The van der Waals surface area contributed by atoms with Gasteiger partial charge in [0.15, 0.2) is 0 Å². The molecule has 2 aliphatic rings. The Morgan fingerprint density at radius 2 is 1.90 bits per heavy atom. The van der Waals surface area contributed by atoms with Gasteiger partial charge in [-0.1, -0.05) is 37.8 Å². The molecule has 3 atom stereocenters. The van der Waals surface area contributed by atoms with E-state index >= 15 is 0 Å². The Bertz CT molecular complexity index is 439. The van der Waals surface area contributed by atoms with E-state index in [1.807, 2.05) is 12.1 Å². The SMILES string of the molecule is COc1ccc(CC[C@H]2[C@H]3CCCCCC[C@]32O)cc1. The van der Waals surface area contributed by atoms with Crippen LogP contribution in [0.25, 0.3) is 0 Å². The number of rotatable bonds is 4. The van der Waals surface area contributed by atoms with Gasteiger partial charge in [0, 0.05) is 0 Å². The van der Waals surface area contributed by atoms with Crippen molar-refractivity contribution in [2.24, 2.45) is 11.8 Å². The van der Waals surface area contributed by atoms with Gasteiger partial charge in [-0.25, -0.2) is 0 Å². The maximum absolute atomic E-state index is 10.8. The molecule has 1 N–H and O–H groups in total. The molecule has 2 saturated carbocycles. The molecular formula is C18H26O2. The molecule has 2 nitrogen and oxygen atoms in total. The van der Waals surface area contributed by atoms with Crippen LogP contribution in [0.4, 0.5) is 0 Å². The summed E-state index contributed by atoms with van der Waals surface area (Å²) in [6.07, 6.45) is 9.67. The predicted molar refractivity (Wildman–Crippen MR) is 80.9 cm³/mol. The number of hydrogen-bond donors (Lipinski definition) is 1. The minimum atomic E-state index is -0.313. The van der Waals surface area contributed by atoms with E-state index in [9.17, 15) is 5.11 Å². The lowest BCUT2D eigenvalue weighted by molar-refractivity contribution is 0.0979. The smallest absolute Gasteiger partial charge is 0.118 e. The molecule has 0 aromatic heterocycles. The Morgan fingerprint density at radius 3 is 2.65 bits per heavy atom. The largest absolute Gasteiger partial charge is 0.497 e. The van der Waals surface area contributed by atoms with Crippen LogP contribution < -0.4 is 4.74 Å². The Hall–Kier alpha value is -1.02. The standard InChI is InChI=1S/C18H26O2/c1-20-15-10-7-14(8-11-15)9-12-17-16-6-4-2-3-5-13-18(16,17)19/h7-8,10-11,16-17,19H,2-6,9,12-13H2,1H3/t16-,17+,18+/m1/s1. The number of benzene rings is 1. The van der Waals surface area contributed by atoms with Gasteiger partial charge >= 0.3 is 0 Å². The lowest BCUT2D eigenvalue weighted by atomic mass is 9.99. The van der Waals surface area contributed by atoms with Crippen LogP contribution in [0.5, 0.6) is 5.75 Å². The lowest BCUT2D eigenvalue weighted by Crippen LogP contribution is -2.14. The van der Waals surface area contributed by atoms with Gasteiger partial charge < -0.3 is 9.84 Å². The van der Waals surface area contributed by atoms with Crippen LogP contribution in [0.3, 0.4) is 0 Å². The third-order valence-corrected chi connectivity index (χ3v) is 5.41. The summed E-state index contributed by atoms with van der Waals surface area (Å²) in [5, 5.41) is 10.8. The second-order valence-electron chi connectivity index (χ2n) is 6.54. The van der Waals surface area contributed by atoms with E-state index in [4.69, 9.17) is 4.74 Å². The van der Waals surface area contributed by atoms with Gasteiger partial charge in [0.05, 0.1) is 12.7 Å². The van der Waals surface area contributed by atoms with E-state index in [1.165, 1.54) is 37.7 Å². The molecule has 0 bridgehead atoms. The molecule has 2 fully saturated rings. The highest BCUT2D eigenvalue weighted by Crippen LogP contribution is 2.59. The summed E-state index contributed by atoms with van der Waals surface area (Å²) in [6.45, 7) is 0. The highest BCUT2D eigenvalue weighted by atomic mass is 16.5. The van der Waals surface area contributed by atoms with Gasteiger partial charge in [0.1, 0.15) is 5.75 Å². The van der Waals surface area contributed by atoms with Crippen molar-refractivity contribution in [1.29, 1.82) is 0 Å². The van der Waals surface area contributed by atoms with E-state index in [-0.39, 0.29) is 5.60 Å². The quantitative estimate of drug-likeness (QED) is 0.900. The number of methoxy groups -OCH3 is 1. The monoisotopic (exact) mass is 274 g/mol. The number of hydrogen-bond acceptors (Lipinski definition) is 2. The summed E-state index contributed by atoms with van der Waals surface area (Å²) in [5.74, 6) is 2.05. The molecule has 0 amide bonds. The molecular weight excluding hydrogens is 248 g/mol. The van der Waals surface area contributed by atoms with Gasteiger partial charge in [-0.3, -0.25) is 0 Å². The van der Waals surface area contributed by atoms with Crippen molar-refractivity contribution in [3.05, 3.63) is 29.8 Å². The first kappa shape index (κ1) is 13.9. The highest BCUT2D eigenvalue weighted by Gasteiger charge is 2.61. The number of fused-ring (bicyclic) bond motifs is 1. The minimum Gasteiger partial charge on any atom is -0.497 e. The third kappa shape index (κ3) is 2.71. The van der Waals surface area contributed by atoms with E-state index in [1.54, 1.807) is 7.11 Å². The molecule has 20 heavy (non-hydrogen) atoms. The van der Waals surface area contributed by atoms with Crippen LogP contribution >= 0.6 is 0 Å². The Morgan fingerprint density at radius 1 is 1.15 bits per heavy atom. The van der Waals surface area contributed by atoms with Crippen molar-refractivity contribution in [2.75, 3.05) is 7.11 Å². The van der Waals surface area contributed by atoms with Crippen LogP contribution in [0.2, 0.25) is 0 Å². The summed E-state index contributed by atoms with van der Waals surface area (Å²) < 4.78 is 5.19. The Kier molecular flexibility index (Phi) is 4.02. The number of aryl methyl sites for hydroxylation is 1. The molecule has 0 unspecified atom stereocenters. The van der Waals surface area contributed by atoms with E-state index in [2.05, 4.69) is 12.1 Å². The van der Waals surface area contributed by atoms with Gasteiger partial charge in [-0.15, -0.1) is 0 Å². The molecule has 2 heteroatoms. The van der Waals surface area contributed by atoms with E-state index < -0.39 is 0 Å². The molecule has 3 rings (SSSR count). The third-order valence-electron chi connectivity index (χ3n) is 5.41. The lowest BCUT2D eigenvalue weighted by Gasteiger charge is -2.14.